The van der Waals surface area contributed by atoms with Gasteiger partial charge in [-0.2, -0.15) is 0 Å². The van der Waals surface area contributed by atoms with Gasteiger partial charge in [0, 0.05) is 18.7 Å². The Labute approximate surface area is 123 Å². The summed E-state index contributed by atoms with van der Waals surface area (Å²) >= 11 is 0. The van der Waals surface area contributed by atoms with Gasteiger partial charge in [0.1, 0.15) is 5.82 Å². The van der Waals surface area contributed by atoms with E-state index in [2.05, 4.69) is 15.2 Å². The Morgan fingerprint density at radius 1 is 1.43 bits per heavy atom. The average Bonchev–Trinajstić information content (AvgIpc) is 2.41. The van der Waals surface area contributed by atoms with Gasteiger partial charge in [-0.1, -0.05) is 11.2 Å². The van der Waals surface area contributed by atoms with Gasteiger partial charge in [0.15, 0.2) is 5.84 Å². The summed E-state index contributed by atoms with van der Waals surface area (Å²) in [5, 5.41) is 14.6. The number of nitrogens with two attached hydrogens (primary N) is 1. The van der Waals surface area contributed by atoms with E-state index < -0.39 is 15.8 Å². The highest BCUT2D eigenvalue weighted by atomic mass is 32.2. The number of sulfonamides is 1. The van der Waals surface area contributed by atoms with E-state index in [0.717, 1.165) is 6.26 Å². The first kappa shape index (κ1) is 17.3. The Kier molecular flexibility index (Phi) is 6.53. The van der Waals surface area contributed by atoms with Crippen molar-refractivity contribution >= 4 is 15.9 Å². The van der Waals surface area contributed by atoms with Crippen molar-refractivity contribution in [3.63, 3.8) is 0 Å². The zero-order valence-corrected chi connectivity index (χ0v) is 12.5. The lowest BCUT2D eigenvalue weighted by molar-refractivity contribution is 0.318. The number of nitrogens with zero attached hydrogens (tertiary/aromatic N) is 1. The van der Waals surface area contributed by atoms with E-state index >= 15 is 0 Å². The third-order valence-electron chi connectivity index (χ3n) is 2.67. The van der Waals surface area contributed by atoms with Gasteiger partial charge in [-0.25, -0.2) is 17.5 Å². The van der Waals surface area contributed by atoms with Crippen LogP contribution < -0.4 is 15.8 Å². The predicted molar refractivity (Wildman–Crippen MR) is 78.1 cm³/mol. The summed E-state index contributed by atoms with van der Waals surface area (Å²) < 4.78 is 37.2. The standard InChI is InChI=1S/C12H19FN4O3S/c1-21(19,20)16-6-2-5-15-8-9-3-4-10(13)7-11(9)12(14)17-18/h3-4,7,15-16,18H,2,5-6,8H2,1H3,(H2,14,17). The molecule has 21 heavy (non-hydrogen) atoms. The molecule has 0 aliphatic carbocycles. The van der Waals surface area contributed by atoms with Crippen molar-refractivity contribution in [2.45, 2.75) is 13.0 Å². The van der Waals surface area contributed by atoms with E-state index in [1.807, 2.05) is 0 Å². The van der Waals surface area contributed by atoms with Crippen molar-refractivity contribution in [3.05, 3.63) is 35.1 Å². The third kappa shape index (κ3) is 6.52. The summed E-state index contributed by atoms with van der Waals surface area (Å²) in [6.45, 7) is 1.29. The van der Waals surface area contributed by atoms with Crippen LogP contribution in [0.5, 0.6) is 0 Å². The molecule has 9 heteroatoms. The van der Waals surface area contributed by atoms with E-state index in [4.69, 9.17) is 10.9 Å². The Hall–Kier alpha value is -1.71. The SMILES string of the molecule is CS(=O)(=O)NCCCNCc1ccc(F)cc1/C(N)=N/O. The summed E-state index contributed by atoms with van der Waals surface area (Å²) in [7, 11) is -3.17. The van der Waals surface area contributed by atoms with Crippen LogP contribution in [0.4, 0.5) is 4.39 Å². The number of oxime groups is 1. The van der Waals surface area contributed by atoms with E-state index in [-0.39, 0.29) is 5.84 Å². The Morgan fingerprint density at radius 3 is 2.76 bits per heavy atom. The fourth-order valence-corrected chi connectivity index (χ4v) is 2.20. The van der Waals surface area contributed by atoms with Gasteiger partial charge in [0.05, 0.1) is 6.26 Å². The maximum absolute atomic E-state index is 13.2. The predicted octanol–water partition coefficient (Wildman–Crippen LogP) is -0.0509. The summed E-state index contributed by atoms with van der Waals surface area (Å²) in [5.41, 5.74) is 6.49. The van der Waals surface area contributed by atoms with E-state index in [9.17, 15) is 12.8 Å². The molecule has 0 aromatic heterocycles. The molecule has 0 bridgehead atoms. The van der Waals surface area contributed by atoms with Gasteiger partial charge in [-0.3, -0.25) is 0 Å². The molecule has 0 atom stereocenters. The van der Waals surface area contributed by atoms with Crippen molar-refractivity contribution in [2.24, 2.45) is 10.9 Å². The maximum Gasteiger partial charge on any atom is 0.208 e. The molecule has 5 N–H and O–H groups in total. The lowest BCUT2D eigenvalue weighted by atomic mass is 10.1. The third-order valence-corrected chi connectivity index (χ3v) is 3.39. The van der Waals surface area contributed by atoms with Gasteiger partial charge in [0.2, 0.25) is 10.0 Å². The summed E-state index contributed by atoms with van der Waals surface area (Å²) in [6, 6.07) is 4.03. The molecule has 1 aromatic rings. The van der Waals surface area contributed by atoms with Crippen molar-refractivity contribution < 1.29 is 18.0 Å². The number of halogens is 1. The molecular formula is C12H19FN4O3S. The molecule has 0 aliphatic rings. The van der Waals surface area contributed by atoms with Crippen LogP contribution in [0.1, 0.15) is 17.5 Å². The van der Waals surface area contributed by atoms with Crippen LogP contribution >= 0.6 is 0 Å². The Bertz CT molecular complexity index is 605. The van der Waals surface area contributed by atoms with Crippen LogP contribution in [0.25, 0.3) is 0 Å². The van der Waals surface area contributed by atoms with Crippen LogP contribution in [0.3, 0.4) is 0 Å². The second-order valence-corrected chi connectivity index (χ2v) is 6.32. The van der Waals surface area contributed by atoms with Gasteiger partial charge < -0.3 is 16.3 Å². The van der Waals surface area contributed by atoms with Crippen molar-refractivity contribution in [1.82, 2.24) is 10.0 Å². The quantitative estimate of drug-likeness (QED) is 0.176. The molecule has 0 unspecified atom stereocenters. The highest BCUT2D eigenvalue weighted by Gasteiger charge is 2.08. The molecule has 0 saturated carbocycles. The van der Waals surface area contributed by atoms with Crippen LogP contribution in [0.2, 0.25) is 0 Å². The monoisotopic (exact) mass is 318 g/mol. The van der Waals surface area contributed by atoms with Crippen molar-refractivity contribution in [1.29, 1.82) is 0 Å². The number of hydrogen-bond acceptors (Lipinski definition) is 5. The van der Waals surface area contributed by atoms with Crippen molar-refractivity contribution in [3.8, 4) is 0 Å². The first-order chi connectivity index (χ1) is 9.83. The maximum atomic E-state index is 13.2. The molecule has 0 radical (unpaired) electrons. The topological polar surface area (TPSA) is 117 Å². The minimum Gasteiger partial charge on any atom is -0.409 e. The number of benzene rings is 1. The van der Waals surface area contributed by atoms with Gasteiger partial charge in [-0.05, 0) is 30.7 Å². The average molecular weight is 318 g/mol. The molecule has 0 spiro atoms. The van der Waals surface area contributed by atoms with E-state index in [1.165, 1.54) is 12.1 Å². The lowest BCUT2D eigenvalue weighted by Crippen LogP contribution is -2.26. The van der Waals surface area contributed by atoms with Crippen LogP contribution in [0, 0.1) is 5.82 Å². The molecule has 1 rings (SSSR count). The smallest absolute Gasteiger partial charge is 0.208 e. The van der Waals surface area contributed by atoms with Crippen LogP contribution in [-0.4, -0.2) is 38.8 Å². The Morgan fingerprint density at radius 2 is 2.14 bits per heavy atom. The first-order valence-electron chi connectivity index (χ1n) is 6.25. The van der Waals surface area contributed by atoms with E-state index in [0.29, 0.717) is 37.2 Å². The molecule has 118 valence electrons. The normalized spacial score (nSPS) is 12.6. The van der Waals surface area contributed by atoms with Crippen LogP contribution in [0.15, 0.2) is 23.4 Å². The molecule has 7 nitrogen and oxygen atoms in total. The fraction of sp³-hybridized carbons (Fsp3) is 0.417. The van der Waals surface area contributed by atoms with Crippen LogP contribution in [-0.2, 0) is 16.6 Å². The summed E-state index contributed by atoms with van der Waals surface area (Å²) in [6.07, 6.45) is 1.70. The van der Waals surface area contributed by atoms with Gasteiger partial charge in [-0.15, -0.1) is 0 Å². The van der Waals surface area contributed by atoms with Crippen molar-refractivity contribution in [2.75, 3.05) is 19.3 Å². The fourth-order valence-electron chi connectivity index (χ4n) is 1.69. The highest BCUT2D eigenvalue weighted by molar-refractivity contribution is 7.88. The minimum absolute atomic E-state index is 0.162. The number of nitrogens with one attached hydrogen (secondary N) is 2. The summed E-state index contributed by atoms with van der Waals surface area (Å²) in [4.78, 5) is 0. The molecule has 1 aromatic carbocycles. The first-order valence-corrected chi connectivity index (χ1v) is 8.14. The molecule has 0 aliphatic heterocycles. The second kappa shape index (κ2) is 7.91. The molecule has 0 heterocycles. The number of hydrogen-bond donors (Lipinski definition) is 4. The zero-order valence-electron chi connectivity index (χ0n) is 11.6. The number of rotatable bonds is 8. The van der Waals surface area contributed by atoms with E-state index in [1.54, 1.807) is 6.07 Å². The Balaban J connectivity index is 2.49. The number of amidine groups is 1. The minimum atomic E-state index is -3.17. The molecule has 0 amide bonds. The summed E-state index contributed by atoms with van der Waals surface area (Å²) in [5.74, 6) is -0.636. The van der Waals surface area contributed by atoms with Gasteiger partial charge >= 0.3 is 0 Å². The highest BCUT2D eigenvalue weighted by Crippen LogP contribution is 2.11. The molecular weight excluding hydrogens is 299 g/mol. The second-order valence-electron chi connectivity index (χ2n) is 4.48. The molecule has 0 saturated heterocycles. The van der Waals surface area contributed by atoms with Gasteiger partial charge in [0.25, 0.3) is 0 Å². The zero-order chi connectivity index (χ0) is 15.9. The largest absolute Gasteiger partial charge is 0.409 e. The lowest BCUT2D eigenvalue weighted by Gasteiger charge is -2.10. The molecule has 0 fully saturated rings.